The van der Waals surface area contributed by atoms with Crippen LogP contribution in [-0.2, 0) is 6.42 Å². The van der Waals surface area contributed by atoms with Gasteiger partial charge in [-0.15, -0.1) is 0 Å². The number of H-pyrrole nitrogens is 1. The van der Waals surface area contributed by atoms with Crippen LogP contribution in [0.3, 0.4) is 0 Å². The largest absolute Gasteiger partial charge is 0.354 e. The van der Waals surface area contributed by atoms with Gasteiger partial charge < -0.3 is 4.98 Å². The molecule has 0 aliphatic carbocycles. The summed E-state index contributed by atoms with van der Waals surface area (Å²) in [6, 6.07) is 66.4. The van der Waals surface area contributed by atoms with Crippen molar-refractivity contribution in [1.29, 1.82) is 0 Å². The van der Waals surface area contributed by atoms with Gasteiger partial charge in [-0.25, -0.2) is 0 Å². The van der Waals surface area contributed by atoms with E-state index < -0.39 is 0 Å². The number of aromatic nitrogens is 1. The first-order valence-corrected chi connectivity index (χ1v) is 18.2. The van der Waals surface area contributed by atoms with E-state index in [1.807, 2.05) is 0 Å². The summed E-state index contributed by atoms with van der Waals surface area (Å²) in [6.07, 6.45) is 0.938. The Morgan fingerprint density at radius 2 is 0.827 bits per heavy atom. The molecule has 52 heavy (non-hydrogen) atoms. The second-order valence-corrected chi connectivity index (χ2v) is 13.7. The maximum absolute atomic E-state index is 3.81. The van der Waals surface area contributed by atoms with E-state index in [0.29, 0.717) is 0 Å². The average Bonchev–Trinajstić information content (AvgIpc) is 3.59. The smallest absolute Gasteiger partial charge is 0.0544 e. The Kier molecular flexibility index (Phi) is 8.10. The van der Waals surface area contributed by atoms with Gasteiger partial charge in [-0.3, -0.25) is 0 Å². The quantitative estimate of drug-likeness (QED) is 0.174. The number of hydrogen-bond acceptors (Lipinski definition) is 0. The molecule has 1 heteroatoms. The molecule has 9 aromatic rings. The van der Waals surface area contributed by atoms with E-state index in [2.05, 4.69) is 201 Å². The second-order valence-electron chi connectivity index (χ2n) is 13.7. The third-order valence-corrected chi connectivity index (χ3v) is 10.6. The van der Waals surface area contributed by atoms with Gasteiger partial charge in [-0.05, 0) is 128 Å². The highest BCUT2D eigenvalue weighted by molar-refractivity contribution is 6.14. The zero-order valence-corrected chi connectivity index (χ0v) is 29.5. The van der Waals surface area contributed by atoms with E-state index in [1.165, 1.54) is 94.2 Å². The van der Waals surface area contributed by atoms with Crippen molar-refractivity contribution in [3.63, 3.8) is 0 Å². The molecule has 1 aromatic heterocycles. The van der Waals surface area contributed by atoms with Crippen molar-refractivity contribution in [2.45, 2.75) is 20.3 Å². The SMILES string of the molecule is CCc1c(-c2ccccc2)cc(-c2ccccc2)cc1-c1cc(-c2ccc3[nH]c4c(-c5ccccc5)cc(-c5ccccc5)cc4c3c2)ccc1C. The third kappa shape index (κ3) is 5.71. The van der Waals surface area contributed by atoms with Crippen molar-refractivity contribution in [3.05, 3.63) is 193 Å². The van der Waals surface area contributed by atoms with Crippen LogP contribution in [0.4, 0.5) is 0 Å². The van der Waals surface area contributed by atoms with Gasteiger partial charge >= 0.3 is 0 Å². The van der Waals surface area contributed by atoms with Crippen LogP contribution in [-0.4, -0.2) is 4.98 Å². The van der Waals surface area contributed by atoms with E-state index in [4.69, 9.17) is 0 Å². The Balaban J connectivity index is 1.23. The van der Waals surface area contributed by atoms with Gasteiger partial charge in [0.15, 0.2) is 0 Å². The van der Waals surface area contributed by atoms with E-state index >= 15 is 0 Å². The molecule has 1 heterocycles. The maximum Gasteiger partial charge on any atom is 0.0544 e. The fourth-order valence-electron chi connectivity index (χ4n) is 7.88. The molecule has 1 nitrogen and oxygen atoms in total. The van der Waals surface area contributed by atoms with Crippen molar-refractivity contribution in [1.82, 2.24) is 4.98 Å². The lowest BCUT2D eigenvalue weighted by molar-refractivity contribution is 1.14. The molecule has 1 N–H and O–H groups in total. The lowest BCUT2D eigenvalue weighted by atomic mass is 9.84. The summed E-state index contributed by atoms with van der Waals surface area (Å²) in [5.41, 5.74) is 19.8. The van der Waals surface area contributed by atoms with Crippen LogP contribution in [0.1, 0.15) is 18.1 Å². The zero-order chi connectivity index (χ0) is 35.0. The summed E-state index contributed by atoms with van der Waals surface area (Å²) in [5, 5.41) is 2.47. The number of hydrogen-bond donors (Lipinski definition) is 1. The Bertz CT molecular complexity index is 2690. The lowest BCUT2D eigenvalue weighted by Gasteiger charge is -2.19. The van der Waals surface area contributed by atoms with E-state index in [-0.39, 0.29) is 0 Å². The van der Waals surface area contributed by atoms with Crippen LogP contribution >= 0.6 is 0 Å². The Morgan fingerprint density at radius 3 is 1.44 bits per heavy atom. The number of nitrogens with one attached hydrogen (secondary N) is 1. The van der Waals surface area contributed by atoms with E-state index in [9.17, 15) is 0 Å². The monoisotopic (exact) mass is 665 g/mol. The first-order chi connectivity index (χ1) is 25.6. The van der Waals surface area contributed by atoms with E-state index in [0.717, 1.165) is 11.9 Å². The van der Waals surface area contributed by atoms with Crippen molar-refractivity contribution in [2.24, 2.45) is 0 Å². The van der Waals surface area contributed by atoms with Gasteiger partial charge in [0, 0.05) is 21.9 Å². The topological polar surface area (TPSA) is 15.8 Å². The molecule has 8 aromatic carbocycles. The minimum atomic E-state index is 0.938. The number of aromatic amines is 1. The van der Waals surface area contributed by atoms with Crippen molar-refractivity contribution < 1.29 is 0 Å². The second kappa shape index (κ2) is 13.4. The molecular formula is C51H39N. The summed E-state index contributed by atoms with van der Waals surface area (Å²) in [7, 11) is 0. The van der Waals surface area contributed by atoms with Crippen LogP contribution in [0.25, 0.3) is 88.6 Å². The highest BCUT2D eigenvalue weighted by Gasteiger charge is 2.18. The molecule has 0 saturated carbocycles. The molecule has 0 amide bonds. The molecule has 0 unspecified atom stereocenters. The molecule has 0 bridgehead atoms. The van der Waals surface area contributed by atoms with Gasteiger partial charge in [0.2, 0.25) is 0 Å². The maximum atomic E-state index is 3.81. The summed E-state index contributed by atoms with van der Waals surface area (Å²) < 4.78 is 0. The van der Waals surface area contributed by atoms with Gasteiger partial charge in [0.05, 0.1) is 5.52 Å². The molecule has 0 spiro atoms. The molecule has 0 fully saturated rings. The zero-order valence-electron chi connectivity index (χ0n) is 29.5. The molecule has 0 aliphatic rings. The Labute approximate surface area is 305 Å². The molecular weight excluding hydrogens is 627 g/mol. The number of benzene rings is 8. The summed E-state index contributed by atoms with van der Waals surface area (Å²) in [6.45, 7) is 4.53. The fraction of sp³-hybridized carbons (Fsp3) is 0.0588. The Morgan fingerprint density at radius 1 is 0.365 bits per heavy atom. The predicted molar refractivity (Wildman–Crippen MR) is 223 cm³/mol. The number of aryl methyl sites for hydroxylation is 1. The average molecular weight is 666 g/mol. The van der Waals surface area contributed by atoms with Crippen LogP contribution in [0.2, 0.25) is 0 Å². The van der Waals surface area contributed by atoms with Crippen LogP contribution in [0.5, 0.6) is 0 Å². The van der Waals surface area contributed by atoms with Crippen LogP contribution in [0, 0.1) is 6.92 Å². The van der Waals surface area contributed by atoms with Gasteiger partial charge in [0.1, 0.15) is 0 Å². The molecule has 9 rings (SSSR count). The number of rotatable bonds is 7. The standard InChI is InChI=1S/C51H39N/c1-3-43-45(37-20-12-6-13-21-37)30-41(35-16-8-4-9-17-35)32-47(43)44-28-39(25-24-34(44)2)40-26-27-50-48(29-40)49-33-42(36-18-10-5-11-19-36)31-46(51(49)52-50)38-22-14-7-15-23-38/h4-33,52H,3H2,1-2H3. The minimum Gasteiger partial charge on any atom is -0.354 e. The normalized spacial score (nSPS) is 11.3. The molecule has 0 saturated heterocycles. The van der Waals surface area contributed by atoms with Crippen molar-refractivity contribution >= 4 is 21.8 Å². The third-order valence-electron chi connectivity index (χ3n) is 10.6. The molecule has 0 atom stereocenters. The summed E-state index contributed by atoms with van der Waals surface area (Å²) >= 11 is 0. The van der Waals surface area contributed by atoms with Crippen molar-refractivity contribution in [3.8, 4) is 66.8 Å². The minimum absolute atomic E-state index is 0.938. The first-order valence-electron chi connectivity index (χ1n) is 18.2. The van der Waals surface area contributed by atoms with Crippen molar-refractivity contribution in [2.75, 3.05) is 0 Å². The first kappa shape index (κ1) is 31.5. The van der Waals surface area contributed by atoms with Gasteiger partial charge in [-0.2, -0.15) is 0 Å². The lowest BCUT2D eigenvalue weighted by Crippen LogP contribution is -1.97. The Hall–Kier alpha value is -6.44. The molecule has 0 aliphatic heterocycles. The summed E-state index contributed by atoms with van der Waals surface area (Å²) in [5.74, 6) is 0. The van der Waals surface area contributed by atoms with Gasteiger partial charge in [0.25, 0.3) is 0 Å². The van der Waals surface area contributed by atoms with Crippen LogP contribution < -0.4 is 0 Å². The highest BCUT2D eigenvalue weighted by Crippen LogP contribution is 2.42. The molecule has 248 valence electrons. The summed E-state index contributed by atoms with van der Waals surface area (Å²) in [4.78, 5) is 3.81. The molecule has 0 radical (unpaired) electrons. The van der Waals surface area contributed by atoms with E-state index in [1.54, 1.807) is 0 Å². The number of fused-ring (bicyclic) bond motifs is 3. The van der Waals surface area contributed by atoms with Gasteiger partial charge in [-0.1, -0.05) is 146 Å². The van der Waals surface area contributed by atoms with Crippen LogP contribution in [0.15, 0.2) is 182 Å². The highest BCUT2D eigenvalue weighted by atomic mass is 14.7. The fourth-order valence-corrected chi connectivity index (χ4v) is 7.88. The predicted octanol–water partition coefficient (Wildman–Crippen LogP) is 14.2.